The number of halogens is 1. The van der Waals surface area contributed by atoms with Crippen LogP contribution < -0.4 is 5.32 Å². The fourth-order valence-electron chi connectivity index (χ4n) is 2.66. The molecule has 0 bridgehead atoms. The first-order valence-electron chi connectivity index (χ1n) is 7.64. The van der Waals surface area contributed by atoms with Gasteiger partial charge in [0.15, 0.2) is 0 Å². The van der Waals surface area contributed by atoms with E-state index in [1.54, 1.807) is 18.2 Å². The average molecular weight is 352 g/mol. The van der Waals surface area contributed by atoms with Gasteiger partial charge in [0.05, 0.1) is 11.3 Å². The predicted molar refractivity (Wildman–Crippen MR) is 90.7 cm³/mol. The van der Waals surface area contributed by atoms with Crippen molar-refractivity contribution in [1.29, 1.82) is 0 Å². The van der Waals surface area contributed by atoms with Gasteiger partial charge in [-0.25, -0.2) is 4.68 Å². The van der Waals surface area contributed by atoms with Gasteiger partial charge in [-0.05, 0) is 48.4 Å². The third-order valence-electron chi connectivity index (χ3n) is 3.88. The third kappa shape index (κ3) is 4.03. The van der Waals surface area contributed by atoms with Gasteiger partial charge in [0, 0.05) is 10.7 Å². The highest BCUT2D eigenvalue weighted by molar-refractivity contribution is 8.00. The van der Waals surface area contributed by atoms with E-state index in [0.29, 0.717) is 21.9 Å². The normalized spacial score (nSPS) is 16.4. The van der Waals surface area contributed by atoms with Gasteiger partial charge in [-0.15, -0.1) is 5.10 Å². The van der Waals surface area contributed by atoms with Gasteiger partial charge in [0.25, 0.3) is 0 Å². The standard InChI is InChI=1S/C15H18ClN5OS/c1-10(14(22)17-12-6-4-5-11(16)9-12)23-15-18-19-20-21(15)13-7-2-3-8-13/h4-6,9-10,13H,2-3,7-8H2,1H3,(H,17,22). The summed E-state index contributed by atoms with van der Waals surface area (Å²) in [6, 6.07) is 7.46. The monoisotopic (exact) mass is 351 g/mol. The summed E-state index contributed by atoms with van der Waals surface area (Å²) < 4.78 is 1.86. The molecule has 1 aromatic heterocycles. The highest BCUT2D eigenvalue weighted by atomic mass is 35.5. The van der Waals surface area contributed by atoms with Crippen LogP contribution in [0.3, 0.4) is 0 Å². The molecule has 1 N–H and O–H groups in total. The van der Waals surface area contributed by atoms with Crippen LogP contribution in [-0.4, -0.2) is 31.4 Å². The summed E-state index contributed by atoms with van der Waals surface area (Å²) in [5.41, 5.74) is 0.685. The van der Waals surface area contributed by atoms with Gasteiger partial charge >= 0.3 is 0 Å². The number of anilines is 1. The number of amides is 1. The van der Waals surface area contributed by atoms with E-state index < -0.39 is 0 Å². The minimum atomic E-state index is -0.305. The summed E-state index contributed by atoms with van der Waals surface area (Å²) in [5, 5.41) is 15.8. The molecule has 6 nitrogen and oxygen atoms in total. The lowest BCUT2D eigenvalue weighted by molar-refractivity contribution is -0.115. The van der Waals surface area contributed by atoms with Gasteiger partial charge in [-0.1, -0.05) is 42.3 Å². The first-order valence-corrected chi connectivity index (χ1v) is 8.90. The number of thioether (sulfide) groups is 1. The van der Waals surface area contributed by atoms with Gasteiger partial charge in [-0.3, -0.25) is 4.79 Å². The van der Waals surface area contributed by atoms with E-state index in [4.69, 9.17) is 11.6 Å². The molecular formula is C15H18ClN5OS. The summed E-state index contributed by atoms with van der Waals surface area (Å²) in [4.78, 5) is 12.3. The van der Waals surface area contributed by atoms with Gasteiger partial charge < -0.3 is 5.32 Å². The molecule has 1 unspecified atom stereocenters. The molecule has 1 aliphatic rings. The molecule has 0 spiro atoms. The molecule has 1 aliphatic carbocycles. The van der Waals surface area contributed by atoms with Crippen molar-refractivity contribution in [3.63, 3.8) is 0 Å². The molecule has 1 aromatic carbocycles. The number of aromatic nitrogens is 4. The highest BCUT2D eigenvalue weighted by Gasteiger charge is 2.24. The Balaban J connectivity index is 1.63. The smallest absolute Gasteiger partial charge is 0.237 e. The minimum absolute atomic E-state index is 0.0989. The SMILES string of the molecule is CC(Sc1nnnn1C1CCCC1)C(=O)Nc1cccc(Cl)c1. The molecule has 1 saturated carbocycles. The van der Waals surface area contributed by atoms with Crippen LogP contribution in [0.1, 0.15) is 38.6 Å². The number of carbonyl (C=O) groups is 1. The predicted octanol–water partition coefficient (Wildman–Crippen LogP) is 3.56. The Hall–Kier alpha value is -1.60. The summed E-state index contributed by atoms with van der Waals surface area (Å²) in [6.07, 6.45) is 4.61. The second kappa shape index (κ2) is 7.31. The summed E-state index contributed by atoms with van der Waals surface area (Å²) in [5.74, 6) is -0.0989. The summed E-state index contributed by atoms with van der Waals surface area (Å²) >= 11 is 7.31. The van der Waals surface area contributed by atoms with Crippen LogP contribution in [-0.2, 0) is 4.79 Å². The molecule has 122 valence electrons. The Labute approximate surface area is 144 Å². The number of tetrazole rings is 1. The maximum atomic E-state index is 12.3. The van der Waals surface area contributed by atoms with E-state index in [1.165, 1.54) is 24.6 Å². The molecule has 3 rings (SSSR count). The van der Waals surface area contributed by atoms with E-state index in [9.17, 15) is 4.79 Å². The van der Waals surface area contributed by atoms with Gasteiger partial charge in [-0.2, -0.15) is 0 Å². The molecule has 0 saturated heterocycles. The first kappa shape index (κ1) is 16.3. The Kier molecular flexibility index (Phi) is 5.17. The second-order valence-corrected chi connectivity index (χ2v) is 7.35. The zero-order valence-electron chi connectivity index (χ0n) is 12.8. The van der Waals surface area contributed by atoms with Crippen LogP contribution in [0.15, 0.2) is 29.4 Å². The molecule has 0 aliphatic heterocycles. The van der Waals surface area contributed by atoms with Gasteiger partial charge in [0.2, 0.25) is 11.1 Å². The number of hydrogen-bond donors (Lipinski definition) is 1. The van der Waals surface area contributed by atoms with Crippen LogP contribution in [0, 0.1) is 0 Å². The molecule has 0 radical (unpaired) electrons. The second-order valence-electron chi connectivity index (χ2n) is 5.60. The van der Waals surface area contributed by atoms with Crippen molar-refractivity contribution in [2.75, 3.05) is 5.32 Å². The highest BCUT2D eigenvalue weighted by Crippen LogP contribution is 2.32. The van der Waals surface area contributed by atoms with Crippen LogP contribution in [0.25, 0.3) is 0 Å². The van der Waals surface area contributed by atoms with Crippen molar-refractivity contribution < 1.29 is 4.79 Å². The van der Waals surface area contributed by atoms with E-state index in [2.05, 4.69) is 20.8 Å². The number of hydrogen-bond acceptors (Lipinski definition) is 5. The molecular weight excluding hydrogens is 334 g/mol. The van der Waals surface area contributed by atoms with Crippen molar-refractivity contribution in [3.05, 3.63) is 29.3 Å². The van der Waals surface area contributed by atoms with Crippen LogP contribution in [0.2, 0.25) is 5.02 Å². The van der Waals surface area contributed by atoms with Crippen LogP contribution in [0.4, 0.5) is 5.69 Å². The zero-order chi connectivity index (χ0) is 16.2. The lowest BCUT2D eigenvalue weighted by Crippen LogP contribution is -2.23. The number of nitrogens with zero attached hydrogens (tertiary/aromatic N) is 4. The van der Waals surface area contributed by atoms with Crippen molar-refractivity contribution in [2.24, 2.45) is 0 Å². The quantitative estimate of drug-likeness (QED) is 0.834. The van der Waals surface area contributed by atoms with Crippen molar-refractivity contribution in [2.45, 2.75) is 49.1 Å². The topological polar surface area (TPSA) is 72.7 Å². The Morgan fingerprint density at radius 2 is 2.22 bits per heavy atom. The fourth-order valence-corrected chi connectivity index (χ4v) is 3.71. The molecule has 1 amide bonds. The largest absolute Gasteiger partial charge is 0.325 e. The van der Waals surface area contributed by atoms with E-state index in [-0.39, 0.29) is 11.2 Å². The third-order valence-corrected chi connectivity index (χ3v) is 5.16. The van der Waals surface area contributed by atoms with Crippen LogP contribution in [0.5, 0.6) is 0 Å². The number of benzene rings is 1. The molecule has 2 aromatic rings. The molecule has 23 heavy (non-hydrogen) atoms. The van der Waals surface area contributed by atoms with Crippen molar-refractivity contribution in [1.82, 2.24) is 20.2 Å². The molecule has 1 atom stereocenters. The van der Waals surface area contributed by atoms with Crippen molar-refractivity contribution >= 4 is 35.0 Å². The lowest BCUT2D eigenvalue weighted by Gasteiger charge is -2.14. The average Bonchev–Trinajstić information content (AvgIpc) is 3.17. The van der Waals surface area contributed by atoms with E-state index in [1.807, 2.05) is 17.7 Å². The number of nitrogens with one attached hydrogen (secondary N) is 1. The van der Waals surface area contributed by atoms with E-state index in [0.717, 1.165) is 12.8 Å². The van der Waals surface area contributed by atoms with E-state index >= 15 is 0 Å². The first-order chi connectivity index (χ1) is 11.1. The minimum Gasteiger partial charge on any atom is -0.325 e. The van der Waals surface area contributed by atoms with Crippen molar-refractivity contribution in [3.8, 4) is 0 Å². The Morgan fingerprint density at radius 3 is 2.96 bits per heavy atom. The summed E-state index contributed by atoms with van der Waals surface area (Å²) in [7, 11) is 0. The van der Waals surface area contributed by atoms with Gasteiger partial charge in [0.1, 0.15) is 0 Å². The summed E-state index contributed by atoms with van der Waals surface area (Å²) in [6.45, 7) is 1.85. The number of carbonyl (C=O) groups excluding carboxylic acids is 1. The number of rotatable bonds is 5. The molecule has 1 heterocycles. The maximum absolute atomic E-state index is 12.3. The Morgan fingerprint density at radius 1 is 1.43 bits per heavy atom. The zero-order valence-corrected chi connectivity index (χ0v) is 14.3. The molecule has 1 fully saturated rings. The van der Waals surface area contributed by atoms with Crippen LogP contribution >= 0.6 is 23.4 Å². The Bertz CT molecular complexity index is 686. The molecule has 8 heteroatoms. The lowest BCUT2D eigenvalue weighted by atomic mass is 10.3. The maximum Gasteiger partial charge on any atom is 0.237 e. The fraction of sp³-hybridized carbons (Fsp3) is 0.467.